The minimum absolute atomic E-state index is 0.0225. The fourth-order valence-corrected chi connectivity index (χ4v) is 6.46. The van der Waals surface area contributed by atoms with E-state index in [-0.39, 0.29) is 18.6 Å². The van der Waals surface area contributed by atoms with Gasteiger partial charge in [-0.25, -0.2) is 4.68 Å². The molecule has 4 heterocycles. The van der Waals surface area contributed by atoms with Gasteiger partial charge in [0.2, 0.25) is 0 Å². The first-order valence-electron chi connectivity index (χ1n) is 14.3. The van der Waals surface area contributed by atoms with Crippen molar-refractivity contribution in [2.75, 3.05) is 13.2 Å². The summed E-state index contributed by atoms with van der Waals surface area (Å²) >= 11 is 2.35. The lowest BCUT2D eigenvalue weighted by Crippen LogP contribution is -2.25. The topological polar surface area (TPSA) is 54.7 Å². The van der Waals surface area contributed by atoms with E-state index in [9.17, 15) is 0 Å². The average molecular weight is 649 g/mol. The minimum Gasteiger partial charge on any atom is -0.480 e. The molecular weight excluding hydrogens is 615 g/mol. The van der Waals surface area contributed by atoms with Crippen LogP contribution in [0.4, 0.5) is 0 Å². The zero-order valence-electron chi connectivity index (χ0n) is 22.6. The zero-order valence-corrected chi connectivity index (χ0v) is 24.8. The lowest BCUT2D eigenvalue weighted by Gasteiger charge is -2.33. The Morgan fingerprint density at radius 3 is 2.58 bits per heavy atom. The molecule has 3 unspecified atom stereocenters. The van der Waals surface area contributed by atoms with Crippen LogP contribution in [-0.2, 0) is 18.9 Å². The quantitative estimate of drug-likeness (QED) is 0.263. The molecule has 0 radical (unpaired) electrons. The van der Waals surface area contributed by atoms with Crippen molar-refractivity contribution >= 4 is 44.8 Å². The molecule has 2 saturated heterocycles. The maximum absolute atomic E-state index is 6.81. The van der Waals surface area contributed by atoms with Crippen molar-refractivity contribution in [2.24, 2.45) is 0 Å². The first-order chi connectivity index (χ1) is 19.7. The van der Waals surface area contributed by atoms with E-state index in [0.717, 1.165) is 96.4 Å². The minimum atomic E-state index is -0.189. The molecule has 6 nitrogen and oxygen atoms in total. The van der Waals surface area contributed by atoms with Gasteiger partial charge in [-0.2, -0.15) is 5.10 Å². The summed E-state index contributed by atoms with van der Waals surface area (Å²) in [6.45, 7) is 3.74. The van der Waals surface area contributed by atoms with Gasteiger partial charge in [-0.15, -0.1) is 0 Å². The van der Waals surface area contributed by atoms with Crippen molar-refractivity contribution in [3.8, 4) is 0 Å². The average Bonchev–Trinajstić information content (AvgIpc) is 3.44. The number of aromatic nitrogens is 2. The van der Waals surface area contributed by atoms with Gasteiger partial charge in [-0.3, -0.25) is 0 Å². The predicted octanol–water partition coefficient (Wildman–Crippen LogP) is 7.92. The maximum atomic E-state index is 6.81. The smallest absolute Gasteiger partial charge is 0.199 e. The van der Waals surface area contributed by atoms with Crippen LogP contribution >= 0.6 is 22.6 Å². The Hall–Kier alpha value is -2.88. The molecule has 1 aliphatic carbocycles. The molecule has 3 atom stereocenters. The second-order valence-corrected chi connectivity index (χ2v) is 12.0. The Labute approximate surface area is 248 Å². The lowest BCUT2D eigenvalue weighted by molar-refractivity contribution is -0.136. The zero-order chi connectivity index (χ0) is 27.1. The summed E-state index contributed by atoms with van der Waals surface area (Å²) in [5, 5.41) is 5.92. The van der Waals surface area contributed by atoms with Crippen molar-refractivity contribution in [1.29, 1.82) is 0 Å². The molecule has 0 spiro atoms. The highest BCUT2D eigenvalue weighted by Crippen LogP contribution is 2.45. The first kappa shape index (κ1) is 26.0. The van der Waals surface area contributed by atoms with Gasteiger partial charge in [0.1, 0.15) is 17.6 Å². The van der Waals surface area contributed by atoms with Crippen molar-refractivity contribution in [2.45, 2.75) is 64.1 Å². The molecule has 0 amide bonds. The molecule has 0 N–H and O–H groups in total. The maximum Gasteiger partial charge on any atom is 0.199 e. The number of allylic oxidation sites excluding steroid dienone is 3. The van der Waals surface area contributed by atoms with Crippen molar-refractivity contribution in [3.05, 3.63) is 98.5 Å². The highest BCUT2D eigenvalue weighted by Gasteiger charge is 2.32. The summed E-state index contributed by atoms with van der Waals surface area (Å²) in [5.74, 6) is 1.70. The van der Waals surface area contributed by atoms with Gasteiger partial charge in [0.05, 0.1) is 18.3 Å². The summed E-state index contributed by atoms with van der Waals surface area (Å²) in [4.78, 5) is 0. The number of fused-ring (bicyclic) bond motifs is 2. The molecule has 2 fully saturated rings. The van der Waals surface area contributed by atoms with Crippen LogP contribution in [0, 0.1) is 3.57 Å². The Kier molecular flexibility index (Phi) is 7.28. The van der Waals surface area contributed by atoms with E-state index in [1.807, 2.05) is 12.3 Å². The van der Waals surface area contributed by atoms with Crippen LogP contribution in [0.5, 0.6) is 0 Å². The number of hydrogen-bond donors (Lipinski definition) is 0. The summed E-state index contributed by atoms with van der Waals surface area (Å²) in [6, 6.07) is 15.0. The van der Waals surface area contributed by atoms with E-state index in [2.05, 4.69) is 88.8 Å². The number of hydrogen-bond acceptors (Lipinski definition) is 5. The van der Waals surface area contributed by atoms with Crippen LogP contribution in [0.25, 0.3) is 22.2 Å². The second kappa shape index (κ2) is 11.2. The molecule has 0 bridgehead atoms. The molecule has 40 heavy (non-hydrogen) atoms. The van der Waals surface area contributed by atoms with E-state index >= 15 is 0 Å². The Morgan fingerprint density at radius 1 is 0.975 bits per heavy atom. The molecule has 4 aliphatic rings. The standard InChI is InChI=1S/C33H33IN2O4/c1-21-26-19-24(39-31-10-3-5-18-38-31)15-16-29(26)40-33(22-11-13-23(34)14-12-22)32(21)25-7-6-8-28-27(25)20-35-36(28)30-9-2-4-17-37-30/h6-8,11-16,19-20,29-31H,2-5,9-10,17-18H2,1H3. The number of nitrogens with zero attached hydrogens (tertiary/aromatic N) is 2. The second-order valence-electron chi connectivity index (χ2n) is 10.8. The molecule has 2 aromatic carbocycles. The first-order valence-corrected chi connectivity index (χ1v) is 15.4. The fraction of sp³-hybridized carbons (Fsp3) is 0.364. The third-order valence-corrected chi connectivity index (χ3v) is 8.89. The summed E-state index contributed by atoms with van der Waals surface area (Å²) in [5.41, 5.74) is 6.62. The molecule has 3 aromatic rings. The van der Waals surface area contributed by atoms with Gasteiger partial charge >= 0.3 is 0 Å². The Bertz CT molecular complexity index is 1540. The SMILES string of the molecule is CC1=C2C=C(OC3CCCCO3)C=CC2OC(c2ccc(I)cc2)=C1c1cccc2c1cnn2C1CCCCO1. The normalized spacial score (nSPS) is 25.1. The molecule has 0 saturated carbocycles. The number of ether oxygens (including phenoxy) is 4. The van der Waals surface area contributed by atoms with E-state index in [1.165, 1.54) is 9.14 Å². The molecule has 206 valence electrons. The molecule has 7 rings (SSSR count). The number of benzene rings is 2. The van der Waals surface area contributed by atoms with Crippen LogP contribution in [0.15, 0.2) is 83.8 Å². The van der Waals surface area contributed by atoms with Crippen LogP contribution in [-0.4, -0.2) is 35.4 Å². The number of halogens is 1. The van der Waals surface area contributed by atoms with Crippen molar-refractivity contribution in [3.63, 3.8) is 0 Å². The molecule has 7 heteroatoms. The van der Waals surface area contributed by atoms with E-state index in [1.54, 1.807) is 0 Å². The predicted molar refractivity (Wildman–Crippen MR) is 164 cm³/mol. The summed E-state index contributed by atoms with van der Waals surface area (Å²) < 4.78 is 28.3. The van der Waals surface area contributed by atoms with Gasteiger partial charge in [-0.1, -0.05) is 24.3 Å². The molecule has 3 aliphatic heterocycles. The van der Waals surface area contributed by atoms with Gasteiger partial charge < -0.3 is 18.9 Å². The van der Waals surface area contributed by atoms with Gasteiger partial charge in [0, 0.05) is 38.7 Å². The summed E-state index contributed by atoms with van der Waals surface area (Å²) in [7, 11) is 0. The molecule has 1 aromatic heterocycles. The highest BCUT2D eigenvalue weighted by molar-refractivity contribution is 14.1. The third-order valence-electron chi connectivity index (χ3n) is 8.17. The highest BCUT2D eigenvalue weighted by atomic mass is 127. The van der Waals surface area contributed by atoms with Crippen LogP contribution < -0.4 is 0 Å². The van der Waals surface area contributed by atoms with E-state index in [0.29, 0.717) is 0 Å². The van der Waals surface area contributed by atoms with Gasteiger partial charge in [0.25, 0.3) is 0 Å². The monoisotopic (exact) mass is 648 g/mol. The van der Waals surface area contributed by atoms with Crippen molar-refractivity contribution < 1.29 is 18.9 Å². The van der Waals surface area contributed by atoms with Crippen LogP contribution in [0.3, 0.4) is 0 Å². The Balaban J connectivity index is 1.35. The molecular formula is C33H33IN2O4. The summed E-state index contributed by atoms with van der Waals surface area (Å²) in [6.07, 6.45) is 14.2. The van der Waals surface area contributed by atoms with Gasteiger partial charge in [-0.05, 0) is 109 Å². The van der Waals surface area contributed by atoms with Crippen molar-refractivity contribution in [1.82, 2.24) is 9.78 Å². The fourth-order valence-electron chi connectivity index (χ4n) is 6.10. The Morgan fingerprint density at radius 2 is 1.80 bits per heavy atom. The third kappa shape index (κ3) is 4.92. The lowest BCUT2D eigenvalue weighted by atomic mass is 9.85. The van der Waals surface area contributed by atoms with Crippen LogP contribution in [0.2, 0.25) is 0 Å². The van der Waals surface area contributed by atoms with Crippen LogP contribution in [0.1, 0.15) is 62.8 Å². The largest absolute Gasteiger partial charge is 0.480 e. The van der Waals surface area contributed by atoms with Gasteiger partial charge in [0.15, 0.2) is 12.5 Å². The van der Waals surface area contributed by atoms with E-state index in [4.69, 9.17) is 24.0 Å². The number of rotatable bonds is 5. The van der Waals surface area contributed by atoms with E-state index < -0.39 is 0 Å².